The van der Waals surface area contributed by atoms with Crippen molar-refractivity contribution >= 4 is 17.7 Å². The zero-order valence-corrected chi connectivity index (χ0v) is 12.5. The first-order valence-corrected chi connectivity index (χ1v) is 7.04. The minimum Gasteiger partial charge on any atom is -0.495 e. The van der Waals surface area contributed by atoms with Crippen LogP contribution in [0.15, 0.2) is 43.0 Å². The van der Waals surface area contributed by atoms with Crippen molar-refractivity contribution in [2.24, 2.45) is 0 Å². The number of benzene rings is 1. The van der Waals surface area contributed by atoms with Crippen LogP contribution in [0.5, 0.6) is 5.75 Å². The number of carbonyl (C=O) groups is 1. The second-order valence-electron chi connectivity index (χ2n) is 4.78. The van der Waals surface area contributed by atoms with E-state index in [4.69, 9.17) is 10.5 Å². The second-order valence-corrected chi connectivity index (χ2v) is 4.78. The fourth-order valence-corrected chi connectivity index (χ4v) is 1.98. The lowest BCUT2D eigenvalue weighted by Crippen LogP contribution is -2.22. The Morgan fingerprint density at radius 2 is 2.36 bits per heavy atom. The van der Waals surface area contributed by atoms with E-state index in [9.17, 15) is 4.79 Å². The highest BCUT2D eigenvalue weighted by Crippen LogP contribution is 2.22. The van der Waals surface area contributed by atoms with Crippen molar-refractivity contribution in [3.05, 3.63) is 48.6 Å². The van der Waals surface area contributed by atoms with Crippen LogP contribution in [0.3, 0.4) is 0 Å². The molecule has 1 heterocycles. The van der Waals surface area contributed by atoms with Crippen LogP contribution in [0.25, 0.3) is 6.08 Å². The van der Waals surface area contributed by atoms with Gasteiger partial charge in [-0.15, -0.1) is 0 Å². The fraction of sp³-hybridized carbons (Fsp3) is 0.250. The predicted octanol–water partition coefficient (Wildman–Crippen LogP) is 1.69. The van der Waals surface area contributed by atoms with Crippen LogP contribution in [0.1, 0.15) is 12.0 Å². The molecule has 0 atom stereocenters. The van der Waals surface area contributed by atoms with Crippen molar-refractivity contribution in [2.45, 2.75) is 13.0 Å². The van der Waals surface area contributed by atoms with E-state index in [0.717, 1.165) is 18.5 Å². The van der Waals surface area contributed by atoms with Crippen LogP contribution in [0, 0.1) is 0 Å². The summed E-state index contributed by atoms with van der Waals surface area (Å²) in [4.78, 5) is 15.7. The molecule has 6 heteroatoms. The molecule has 0 bridgehead atoms. The van der Waals surface area contributed by atoms with E-state index in [2.05, 4.69) is 10.3 Å². The van der Waals surface area contributed by atoms with E-state index >= 15 is 0 Å². The van der Waals surface area contributed by atoms with Crippen molar-refractivity contribution in [3.8, 4) is 5.75 Å². The van der Waals surface area contributed by atoms with E-state index in [0.29, 0.717) is 18.0 Å². The molecule has 2 aromatic rings. The van der Waals surface area contributed by atoms with Gasteiger partial charge in [0.1, 0.15) is 5.75 Å². The van der Waals surface area contributed by atoms with Crippen molar-refractivity contribution in [2.75, 3.05) is 19.4 Å². The first-order chi connectivity index (χ1) is 10.7. The third-order valence-corrected chi connectivity index (χ3v) is 3.13. The summed E-state index contributed by atoms with van der Waals surface area (Å²) in [5, 5.41) is 2.84. The van der Waals surface area contributed by atoms with E-state index in [1.54, 1.807) is 37.8 Å². The molecular formula is C16H20N4O2. The molecule has 0 spiro atoms. The maximum Gasteiger partial charge on any atom is 0.244 e. The summed E-state index contributed by atoms with van der Waals surface area (Å²) in [6.07, 6.45) is 9.47. The lowest BCUT2D eigenvalue weighted by molar-refractivity contribution is -0.116. The minimum absolute atomic E-state index is 0.125. The van der Waals surface area contributed by atoms with Crippen LogP contribution >= 0.6 is 0 Å². The van der Waals surface area contributed by atoms with Gasteiger partial charge in [-0.25, -0.2) is 4.98 Å². The van der Waals surface area contributed by atoms with Gasteiger partial charge in [0.2, 0.25) is 5.91 Å². The topological polar surface area (TPSA) is 82.2 Å². The first-order valence-electron chi connectivity index (χ1n) is 7.04. The lowest BCUT2D eigenvalue weighted by Gasteiger charge is -2.05. The standard InChI is InChI=1S/C16H20N4O2/c1-22-15-5-3-13(11-14(15)17)4-6-16(21)19-7-2-9-20-10-8-18-12-20/h3-6,8,10-12H,2,7,9,17H2,1H3,(H,19,21)/b6-4-. The number of methoxy groups -OCH3 is 1. The molecule has 0 aliphatic carbocycles. The van der Waals surface area contributed by atoms with Gasteiger partial charge in [-0.2, -0.15) is 0 Å². The van der Waals surface area contributed by atoms with Gasteiger partial charge in [0.05, 0.1) is 19.1 Å². The Labute approximate surface area is 129 Å². The zero-order valence-electron chi connectivity index (χ0n) is 12.5. The molecule has 0 unspecified atom stereocenters. The Balaban J connectivity index is 1.75. The summed E-state index contributed by atoms with van der Waals surface area (Å²) in [6.45, 7) is 1.45. The molecule has 3 N–H and O–H groups in total. The Kier molecular flexibility index (Phi) is 5.59. The molecule has 0 saturated heterocycles. The van der Waals surface area contributed by atoms with Gasteiger partial charge in [-0.3, -0.25) is 4.79 Å². The summed E-state index contributed by atoms with van der Waals surface area (Å²) in [6, 6.07) is 5.39. The fourth-order valence-electron chi connectivity index (χ4n) is 1.98. The van der Waals surface area contributed by atoms with Crippen LogP contribution in [-0.4, -0.2) is 29.1 Å². The van der Waals surface area contributed by atoms with Crippen LogP contribution < -0.4 is 15.8 Å². The third-order valence-electron chi connectivity index (χ3n) is 3.13. The molecule has 2 rings (SSSR count). The Bertz CT molecular complexity index is 636. The van der Waals surface area contributed by atoms with Gasteiger partial charge in [0.25, 0.3) is 0 Å². The molecule has 116 valence electrons. The van der Waals surface area contributed by atoms with Gasteiger partial charge < -0.3 is 20.4 Å². The van der Waals surface area contributed by atoms with Crippen LogP contribution in [0.2, 0.25) is 0 Å². The largest absolute Gasteiger partial charge is 0.495 e. The number of anilines is 1. The van der Waals surface area contributed by atoms with Crippen molar-refractivity contribution < 1.29 is 9.53 Å². The zero-order chi connectivity index (χ0) is 15.8. The van der Waals surface area contributed by atoms with Crippen molar-refractivity contribution in [1.29, 1.82) is 0 Å². The van der Waals surface area contributed by atoms with Gasteiger partial charge >= 0.3 is 0 Å². The second kappa shape index (κ2) is 7.87. The number of hydrogen-bond acceptors (Lipinski definition) is 4. The molecule has 0 fully saturated rings. The highest BCUT2D eigenvalue weighted by molar-refractivity contribution is 5.91. The van der Waals surface area contributed by atoms with Crippen LogP contribution in [-0.2, 0) is 11.3 Å². The Hall–Kier alpha value is -2.76. The Morgan fingerprint density at radius 3 is 3.05 bits per heavy atom. The molecule has 0 aliphatic heterocycles. The number of ether oxygens (including phenoxy) is 1. The molecule has 1 aromatic carbocycles. The maximum atomic E-state index is 11.7. The summed E-state index contributed by atoms with van der Waals surface area (Å²) >= 11 is 0. The highest BCUT2D eigenvalue weighted by atomic mass is 16.5. The van der Waals surface area contributed by atoms with Crippen molar-refractivity contribution in [1.82, 2.24) is 14.9 Å². The maximum absolute atomic E-state index is 11.7. The molecule has 0 saturated carbocycles. The third kappa shape index (κ3) is 4.66. The van der Waals surface area contributed by atoms with E-state index in [1.165, 1.54) is 6.08 Å². The first kappa shape index (κ1) is 15.6. The van der Waals surface area contributed by atoms with Gasteiger partial charge in [-0.1, -0.05) is 6.07 Å². The number of aryl methyl sites for hydroxylation is 1. The van der Waals surface area contributed by atoms with Gasteiger partial charge in [0, 0.05) is 31.6 Å². The van der Waals surface area contributed by atoms with E-state index < -0.39 is 0 Å². The number of nitrogens with one attached hydrogen (secondary N) is 1. The summed E-state index contributed by atoms with van der Waals surface area (Å²) < 4.78 is 7.06. The van der Waals surface area contributed by atoms with E-state index in [-0.39, 0.29) is 5.91 Å². The number of hydrogen-bond donors (Lipinski definition) is 2. The minimum atomic E-state index is -0.125. The highest BCUT2D eigenvalue weighted by Gasteiger charge is 1.99. The van der Waals surface area contributed by atoms with E-state index in [1.807, 2.05) is 16.8 Å². The molecule has 0 radical (unpaired) electrons. The molecule has 1 amide bonds. The normalized spacial score (nSPS) is 10.8. The predicted molar refractivity (Wildman–Crippen MR) is 86.3 cm³/mol. The summed E-state index contributed by atoms with van der Waals surface area (Å²) in [5.41, 5.74) is 7.22. The van der Waals surface area contributed by atoms with Gasteiger partial charge in [0.15, 0.2) is 0 Å². The number of nitrogen functional groups attached to an aromatic ring is 1. The smallest absolute Gasteiger partial charge is 0.244 e. The molecule has 0 aliphatic rings. The molecule has 6 nitrogen and oxygen atoms in total. The number of nitrogens with two attached hydrogens (primary N) is 1. The Morgan fingerprint density at radius 1 is 1.50 bits per heavy atom. The average Bonchev–Trinajstić information content (AvgIpc) is 3.03. The average molecular weight is 300 g/mol. The number of aromatic nitrogens is 2. The number of rotatable bonds is 7. The molecule has 22 heavy (non-hydrogen) atoms. The monoisotopic (exact) mass is 300 g/mol. The number of amides is 1. The number of imidazole rings is 1. The van der Waals surface area contributed by atoms with Crippen molar-refractivity contribution in [3.63, 3.8) is 0 Å². The number of carbonyl (C=O) groups excluding carboxylic acids is 1. The lowest BCUT2D eigenvalue weighted by atomic mass is 10.1. The van der Waals surface area contributed by atoms with Crippen LogP contribution in [0.4, 0.5) is 5.69 Å². The SMILES string of the molecule is COc1ccc(/C=C\C(=O)NCCCn2ccnc2)cc1N. The quantitative estimate of drug-likeness (QED) is 0.463. The summed E-state index contributed by atoms with van der Waals surface area (Å²) in [7, 11) is 1.57. The molecule has 1 aromatic heterocycles. The number of nitrogens with zero attached hydrogens (tertiary/aromatic N) is 2. The molecular weight excluding hydrogens is 280 g/mol. The van der Waals surface area contributed by atoms with Gasteiger partial charge in [-0.05, 0) is 30.2 Å². The summed E-state index contributed by atoms with van der Waals surface area (Å²) in [5.74, 6) is 0.501.